The van der Waals surface area contributed by atoms with E-state index in [1.54, 1.807) is 36.4 Å². The second kappa shape index (κ2) is 13.4. The van der Waals surface area contributed by atoms with Crippen molar-refractivity contribution >= 4 is 46.9 Å². The smallest absolute Gasteiger partial charge is 0.272 e. The Kier molecular flexibility index (Phi) is 9.54. The van der Waals surface area contributed by atoms with Crippen LogP contribution in [0.25, 0.3) is 6.08 Å². The molecule has 4 aromatic carbocycles. The first-order chi connectivity index (χ1) is 19.3. The minimum absolute atomic E-state index is 0.107. The molecule has 7 heteroatoms. The van der Waals surface area contributed by atoms with E-state index in [4.69, 9.17) is 0 Å². The van der Waals surface area contributed by atoms with Crippen LogP contribution in [0.3, 0.4) is 0 Å². The van der Waals surface area contributed by atoms with Crippen LogP contribution < -0.4 is 16.0 Å². The second-order valence-corrected chi connectivity index (χ2v) is 10.8. The summed E-state index contributed by atoms with van der Waals surface area (Å²) in [5.41, 5.74) is 4.75. The number of carbonyl (C=O) groups is 3. The number of benzene rings is 4. The molecule has 1 atom stereocenters. The largest absolute Gasteiger partial charge is 0.325 e. The highest BCUT2D eigenvalue weighted by atomic mass is 32.2. The Morgan fingerprint density at radius 2 is 1.48 bits per heavy atom. The van der Waals surface area contributed by atoms with Crippen molar-refractivity contribution in [1.29, 1.82) is 0 Å². The number of nitrogens with one attached hydrogen (secondary N) is 3. The molecule has 0 saturated heterocycles. The molecule has 6 nitrogen and oxygen atoms in total. The number of anilines is 2. The molecule has 0 aliphatic rings. The molecule has 0 radical (unpaired) electrons. The quantitative estimate of drug-likeness (QED) is 0.158. The van der Waals surface area contributed by atoms with Crippen LogP contribution in [0.4, 0.5) is 11.4 Å². The van der Waals surface area contributed by atoms with Crippen molar-refractivity contribution in [3.8, 4) is 0 Å². The Morgan fingerprint density at radius 1 is 0.775 bits per heavy atom. The maximum absolute atomic E-state index is 13.3. The average Bonchev–Trinajstić information content (AvgIpc) is 2.95. The number of hydrogen-bond acceptors (Lipinski definition) is 4. The fourth-order valence-electron chi connectivity index (χ4n) is 3.87. The molecular weight excluding hydrogens is 518 g/mol. The minimum atomic E-state index is -0.462. The van der Waals surface area contributed by atoms with Crippen molar-refractivity contribution in [2.24, 2.45) is 0 Å². The predicted octanol–water partition coefficient (Wildman–Crippen LogP) is 6.83. The summed E-state index contributed by atoms with van der Waals surface area (Å²) in [6.07, 6.45) is 1.63. The minimum Gasteiger partial charge on any atom is -0.325 e. The highest BCUT2D eigenvalue weighted by Crippen LogP contribution is 2.27. The summed E-state index contributed by atoms with van der Waals surface area (Å²) in [5, 5.41) is 8.27. The third-order valence-corrected chi connectivity index (χ3v) is 7.16. The molecule has 0 fully saturated rings. The van der Waals surface area contributed by atoms with Gasteiger partial charge in [0, 0.05) is 21.8 Å². The lowest BCUT2D eigenvalue weighted by Crippen LogP contribution is -2.30. The van der Waals surface area contributed by atoms with E-state index in [0.717, 1.165) is 27.3 Å². The fraction of sp³-hybridized carbons (Fsp3) is 0.121. The Bertz CT molecular complexity index is 1540. The lowest BCUT2D eigenvalue weighted by molar-refractivity contribution is -0.115. The molecule has 40 heavy (non-hydrogen) atoms. The molecule has 3 amide bonds. The lowest BCUT2D eigenvalue weighted by atomic mass is 10.1. The molecule has 1 unspecified atom stereocenters. The van der Waals surface area contributed by atoms with Crippen LogP contribution in [0.5, 0.6) is 0 Å². The molecule has 0 heterocycles. The van der Waals surface area contributed by atoms with Crippen LogP contribution in [-0.2, 0) is 9.59 Å². The third-order valence-electron chi connectivity index (χ3n) is 6.06. The molecule has 0 bridgehead atoms. The SMILES string of the molecule is Cc1ccc(C)c(NC(=O)C(C)Sc2cccc(NC(=O)/C(=C/c3ccccc3)NC(=O)c3ccccc3)c2)c1. The van der Waals surface area contributed by atoms with Crippen LogP contribution >= 0.6 is 11.8 Å². The van der Waals surface area contributed by atoms with Gasteiger partial charge in [-0.05, 0) is 79.9 Å². The monoisotopic (exact) mass is 549 g/mol. The van der Waals surface area contributed by atoms with E-state index < -0.39 is 5.91 Å². The van der Waals surface area contributed by atoms with E-state index in [-0.39, 0.29) is 22.8 Å². The lowest BCUT2D eigenvalue weighted by Gasteiger charge is -2.15. The van der Waals surface area contributed by atoms with Crippen LogP contribution in [0.1, 0.15) is 34.0 Å². The van der Waals surface area contributed by atoms with Crippen LogP contribution in [0.2, 0.25) is 0 Å². The van der Waals surface area contributed by atoms with Crippen molar-refractivity contribution in [1.82, 2.24) is 5.32 Å². The van der Waals surface area contributed by atoms with Gasteiger partial charge in [-0.25, -0.2) is 0 Å². The van der Waals surface area contributed by atoms with E-state index in [1.165, 1.54) is 11.8 Å². The summed E-state index contributed by atoms with van der Waals surface area (Å²) in [4.78, 5) is 39.9. The molecule has 4 aromatic rings. The fourth-order valence-corrected chi connectivity index (χ4v) is 4.79. The molecule has 202 valence electrons. The summed E-state index contributed by atoms with van der Waals surface area (Å²) in [5.74, 6) is -0.952. The molecular formula is C33H31N3O3S. The average molecular weight is 550 g/mol. The van der Waals surface area contributed by atoms with Gasteiger partial charge in [-0.15, -0.1) is 11.8 Å². The van der Waals surface area contributed by atoms with Gasteiger partial charge in [0.1, 0.15) is 5.70 Å². The van der Waals surface area contributed by atoms with Crippen LogP contribution in [-0.4, -0.2) is 23.0 Å². The number of rotatable bonds is 9. The van der Waals surface area contributed by atoms with Crippen LogP contribution in [0.15, 0.2) is 114 Å². The zero-order chi connectivity index (χ0) is 28.5. The molecule has 4 rings (SSSR count). The predicted molar refractivity (Wildman–Crippen MR) is 163 cm³/mol. The van der Waals surface area contributed by atoms with Gasteiger partial charge in [0.25, 0.3) is 11.8 Å². The van der Waals surface area contributed by atoms with Gasteiger partial charge in [0.2, 0.25) is 5.91 Å². The van der Waals surface area contributed by atoms with Crippen molar-refractivity contribution in [3.05, 3.63) is 131 Å². The Labute approximate surface area is 238 Å². The van der Waals surface area contributed by atoms with Crippen molar-refractivity contribution in [2.75, 3.05) is 10.6 Å². The zero-order valence-electron chi connectivity index (χ0n) is 22.6. The number of carbonyl (C=O) groups excluding carboxylic acids is 3. The van der Waals surface area contributed by atoms with E-state index in [9.17, 15) is 14.4 Å². The molecule has 0 saturated carbocycles. The van der Waals surface area contributed by atoms with Gasteiger partial charge in [-0.1, -0.05) is 66.7 Å². The first kappa shape index (κ1) is 28.4. The number of aryl methyl sites for hydroxylation is 2. The molecule has 3 N–H and O–H groups in total. The van der Waals surface area contributed by atoms with Gasteiger partial charge < -0.3 is 16.0 Å². The second-order valence-electron chi connectivity index (χ2n) is 9.34. The summed E-state index contributed by atoms with van der Waals surface area (Å²) < 4.78 is 0. The van der Waals surface area contributed by atoms with Crippen LogP contribution in [0, 0.1) is 13.8 Å². The maximum Gasteiger partial charge on any atom is 0.272 e. The van der Waals surface area contributed by atoms with E-state index in [0.29, 0.717) is 11.3 Å². The summed E-state index contributed by atoms with van der Waals surface area (Å²) >= 11 is 1.39. The van der Waals surface area contributed by atoms with Crippen molar-refractivity contribution < 1.29 is 14.4 Å². The van der Waals surface area contributed by atoms with Crippen molar-refractivity contribution in [3.63, 3.8) is 0 Å². The molecule has 0 spiro atoms. The van der Waals surface area contributed by atoms with Gasteiger partial charge >= 0.3 is 0 Å². The number of thioether (sulfide) groups is 1. The van der Waals surface area contributed by atoms with E-state index >= 15 is 0 Å². The number of hydrogen-bond donors (Lipinski definition) is 3. The molecule has 0 aliphatic carbocycles. The van der Waals surface area contributed by atoms with Gasteiger partial charge in [-0.2, -0.15) is 0 Å². The first-order valence-electron chi connectivity index (χ1n) is 12.9. The first-order valence-corrected chi connectivity index (χ1v) is 13.8. The number of amides is 3. The summed E-state index contributed by atoms with van der Waals surface area (Å²) in [6.45, 7) is 5.79. The molecule has 0 aliphatic heterocycles. The maximum atomic E-state index is 13.3. The Balaban J connectivity index is 1.46. The highest BCUT2D eigenvalue weighted by molar-refractivity contribution is 8.00. The Hall–Kier alpha value is -4.62. The van der Waals surface area contributed by atoms with Gasteiger partial charge in [-0.3, -0.25) is 14.4 Å². The van der Waals surface area contributed by atoms with E-state index in [1.807, 2.05) is 93.6 Å². The van der Waals surface area contributed by atoms with Gasteiger partial charge in [0.15, 0.2) is 0 Å². The summed E-state index contributed by atoms with van der Waals surface area (Å²) in [6, 6.07) is 31.3. The van der Waals surface area contributed by atoms with Crippen molar-refractivity contribution in [2.45, 2.75) is 30.9 Å². The van der Waals surface area contributed by atoms with Gasteiger partial charge in [0.05, 0.1) is 5.25 Å². The highest BCUT2D eigenvalue weighted by Gasteiger charge is 2.18. The topological polar surface area (TPSA) is 87.3 Å². The normalized spacial score (nSPS) is 11.8. The third kappa shape index (κ3) is 7.94. The zero-order valence-corrected chi connectivity index (χ0v) is 23.4. The van der Waals surface area contributed by atoms with E-state index in [2.05, 4.69) is 16.0 Å². The Morgan fingerprint density at radius 3 is 2.20 bits per heavy atom. The standard InChI is InChI=1S/C33H31N3O3S/c1-22-17-18-23(2)29(19-22)35-31(37)24(3)40-28-16-10-15-27(21-28)34-33(39)30(20-25-11-6-4-7-12-25)36-32(38)26-13-8-5-9-14-26/h4-21,24H,1-3H3,(H,34,39)(H,35,37)(H,36,38)/b30-20-. The molecule has 0 aromatic heterocycles. The summed E-state index contributed by atoms with van der Waals surface area (Å²) in [7, 11) is 0.